The number of amides is 6. The molecule has 13 nitrogen and oxygen atoms in total. The molecular weight excluding hydrogens is 699 g/mol. The molecule has 0 radical (unpaired) electrons. The second-order valence-corrected chi connectivity index (χ2v) is 20.4. The molecule has 5 N–H and O–H groups in total. The van der Waals surface area contributed by atoms with E-state index in [1.165, 1.54) is 0 Å². The number of likely N-dealkylation sites (N-methyl/N-ethyl adjacent to an activating group) is 1. The van der Waals surface area contributed by atoms with Crippen LogP contribution >= 0.6 is 0 Å². The molecule has 0 bridgehead atoms. The van der Waals surface area contributed by atoms with Gasteiger partial charge in [0, 0.05) is 37.1 Å². The molecule has 2 heterocycles. The van der Waals surface area contributed by atoms with Crippen molar-refractivity contribution in [2.45, 2.75) is 162 Å². The van der Waals surface area contributed by atoms with Gasteiger partial charge in [-0.1, -0.05) is 79.6 Å². The van der Waals surface area contributed by atoms with Gasteiger partial charge in [0.1, 0.15) is 18.1 Å². The summed E-state index contributed by atoms with van der Waals surface area (Å²) in [6.45, 7) is 16.6. The molecular formula is C42H69N7O6. The fraction of sp³-hybridized carbons (Fsp3) is 0.857. The highest BCUT2D eigenvalue weighted by molar-refractivity contribution is 6.37. The number of nitrogens with zero attached hydrogens (tertiary/aromatic N) is 3. The molecule has 55 heavy (non-hydrogen) atoms. The zero-order valence-electron chi connectivity index (χ0n) is 34.9. The summed E-state index contributed by atoms with van der Waals surface area (Å²) in [5, 5.41) is 8.96. The molecule has 6 aliphatic rings. The number of urea groups is 1. The lowest BCUT2D eigenvalue weighted by molar-refractivity contribution is -0.143. The fourth-order valence-corrected chi connectivity index (χ4v) is 11.4. The monoisotopic (exact) mass is 768 g/mol. The summed E-state index contributed by atoms with van der Waals surface area (Å²) < 4.78 is 0. The minimum Gasteiger partial charge on any atom is -0.363 e. The summed E-state index contributed by atoms with van der Waals surface area (Å²) in [4.78, 5) is 88.6. The average molecular weight is 768 g/mol. The van der Waals surface area contributed by atoms with Crippen LogP contribution in [0.5, 0.6) is 0 Å². The van der Waals surface area contributed by atoms with Crippen molar-refractivity contribution in [3.63, 3.8) is 0 Å². The van der Waals surface area contributed by atoms with Gasteiger partial charge in [-0.2, -0.15) is 0 Å². The van der Waals surface area contributed by atoms with Gasteiger partial charge in [-0.15, -0.1) is 0 Å². The lowest BCUT2D eigenvalue weighted by Crippen LogP contribution is -2.64. The number of hydrogen-bond acceptors (Lipinski definition) is 7. The summed E-state index contributed by atoms with van der Waals surface area (Å²) in [7, 11) is 2.07. The second-order valence-electron chi connectivity index (χ2n) is 20.4. The van der Waals surface area contributed by atoms with Crippen LogP contribution in [-0.2, 0) is 24.0 Å². The lowest BCUT2D eigenvalue weighted by atomic mass is 9.73. The molecule has 308 valence electrons. The molecule has 1 unspecified atom stereocenters. The molecule has 2 aliphatic heterocycles. The molecule has 4 aliphatic carbocycles. The molecule has 6 amide bonds. The van der Waals surface area contributed by atoms with E-state index in [1.807, 2.05) is 25.7 Å². The van der Waals surface area contributed by atoms with E-state index < -0.39 is 53.2 Å². The Morgan fingerprint density at radius 2 is 1.44 bits per heavy atom. The van der Waals surface area contributed by atoms with Gasteiger partial charge >= 0.3 is 6.03 Å². The zero-order valence-corrected chi connectivity index (χ0v) is 34.9. The summed E-state index contributed by atoms with van der Waals surface area (Å²) in [5.74, 6) is -2.59. The molecule has 0 aromatic carbocycles. The molecule has 6 fully saturated rings. The molecule has 6 rings (SSSR count). The van der Waals surface area contributed by atoms with E-state index in [-0.39, 0.29) is 45.4 Å². The van der Waals surface area contributed by atoms with Crippen LogP contribution in [0.4, 0.5) is 4.79 Å². The summed E-state index contributed by atoms with van der Waals surface area (Å²) >= 11 is 0. The molecule has 4 saturated carbocycles. The summed E-state index contributed by atoms with van der Waals surface area (Å²) in [6.07, 6.45) is 11.6. The summed E-state index contributed by atoms with van der Waals surface area (Å²) in [6, 6.07) is -4.24. The van der Waals surface area contributed by atoms with Gasteiger partial charge in [0.05, 0.1) is 6.04 Å². The van der Waals surface area contributed by atoms with Gasteiger partial charge in [0.15, 0.2) is 0 Å². The number of nitrogens with two attached hydrogens (primary N) is 1. The highest BCUT2D eigenvalue weighted by Crippen LogP contribution is 2.88. The van der Waals surface area contributed by atoms with Gasteiger partial charge < -0.3 is 31.5 Å². The number of hydrogen-bond donors (Lipinski definition) is 4. The predicted molar refractivity (Wildman–Crippen MR) is 209 cm³/mol. The first-order chi connectivity index (χ1) is 25.7. The van der Waals surface area contributed by atoms with E-state index in [0.717, 1.165) is 77.2 Å². The number of Topliss-reactive ketones (excluding diaryl/α,β-unsaturated/α-hetero) is 1. The number of carbonyl (C=O) groups excluding carboxylic acids is 6. The Hall–Kier alpha value is -3.22. The maximum absolute atomic E-state index is 15.0. The summed E-state index contributed by atoms with van der Waals surface area (Å²) in [5.41, 5.74) is 4.13. The highest BCUT2D eigenvalue weighted by Gasteiger charge is 2.85. The SMILES string of the molecule is CN1CCN(C(=O)[C@@H](NC(=O)N[C@H](C(=O)N2C[C@]3(C[C@H]2C(=O)NC(CC2CCC2)C(=O)C(N)=O)C(C)(C)C32CCC2)C(C)(C)C)C2CCCCC2)CC1(C)C. The van der Waals surface area contributed by atoms with Crippen molar-refractivity contribution in [2.24, 2.45) is 39.2 Å². The fourth-order valence-electron chi connectivity index (χ4n) is 11.4. The van der Waals surface area contributed by atoms with Crippen LogP contribution in [0.2, 0.25) is 0 Å². The Kier molecular flexibility index (Phi) is 11.2. The quantitative estimate of drug-likeness (QED) is 0.232. The van der Waals surface area contributed by atoms with Crippen LogP contribution in [0.3, 0.4) is 0 Å². The Morgan fingerprint density at radius 3 is 1.95 bits per heavy atom. The number of piperazine rings is 1. The Morgan fingerprint density at radius 1 is 0.782 bits per heavy atom. The first kappa shape index (κ1) is 41.4. The minimum absolute atomic E-state index is 0.00293. The third kappa shape index (κ3) is 7.40. The lowest BCUT2D eigenvalue weighted by Gasteiger charge is -2.46. The highest BCUT2D eigenvalue weighted by atomic mass is 16.2. The van der Waals surface area contributed by atoms with Gasteiger partial charge in [0.25, 0.3) is 5.91 Å². The van der Waals surface area contributed by atoms with E-state index in [9.17, 15) is 24.0 Å². The molecule has 13 heteroatoms. The Bertz CT molecular complexity index is 1540. The molecule has 2 saturated heterocycles. The standard InChI is InChI=1S/C42H69N7O6/c1-38(2,3)32(46-37(55)45-30(27-16-10-9-11-17-27)35(53)48-21-20-47(8)39(4,5)24-48)36(54)49-25-42(40(6,7)41(42)18-13-19-41)23-29(49)34(52)44-28(31(50)33(43)51)22-26-14-12-15-26/h26-30,32H,9-25H2,1-8H3,(H2,43,51)(H,44,52)(H2,45,46,55)/t28?,29-,30-,32+,42+/m0/s1. The van der Waals surface area contributed by atoms with E-state index in [4.69, 9.17) is 5.73 Å². The van der Waals surface area contributed by atoms with Crippen molar-refractivity contribution in [1.29, 1.82) is 0 Å². The van der Waals surface area contributed by atoms with E-state index in [1.54, 1.807) is 4.90 Å². The van der Waals surface area contributed by atoms with Crippen molar-refractivity contribution in [1.82, 2.24) is 30.7 Å². The maximum atomic E-state index is 15.0. The first-order valence-electron chi connectivity index (χ1n) is 21.2. The first-order valence-corrected chi connectivity index (χ1v) is 21.2. The van der Waals surface area contributed by atoms with Crippen LogP contribution < -0.4 is 21.7 Å². The van der Waals surface area contributed by atoms with E-state index in [0.29, 0.717) is 32.5 Å². The number of ketones is 1. The number of nitrogens with one attached hydrogen (secondary N) is 3. The largest absolute Gasteiger partial charge is 0.363 e. The Balaban J connectivity index is 1.24. The van der Waals surface area contributed by atoms with Crippen LogP contribution in [-0.4, -0.2) is 113 Å². The number of likely N-dealkylation sites (tertiary alicyclic amines) is 1. The molecule has 0 aromatic rings. The number of fused-ring (bicyclic) bond motifs is 1. The van der Waals surface area contributed by atoms with Crippen LogP contribution in [0.1, 0.15) is 132 Å². The third-order valence-electron chi connectivity index (χ3n) is 15.8. The van der Waals surface area contributed by atoms with E-state index in [2.05, 4.69) is 55.6 Å². The minimum atomic E-state index is -1.08. The van der Waals surface area contributed by atoms with Crippen LogP contribution in [0, 0.1) is 33.5 Å². The van der Waals surface area contributed by atoms with Crippen molar-refractivity contribution in [3.05, 3.63) is 0 Å². The van der Waals surface area contributed by atoms with Gasteiger partial charge in [-0.05, 0) is 87.5 Å². The Labute approximate surface area is 328 Å². The van der Waals surface area contributed by atoms with Crippen molar-refractivity contribution in [3.8, 4) is 0 Å². The number of carbonyl (C=O) groups is 6. The van der Waals surface area contributed by atoms with Gasteiger partial charge in [-0.3, -0.25) is 28.9 Å². The third-order valence-corrected chi connectivity index (χ3v) is 15.8. The van der Waals surface area contributed by atoms with Gasteiger partial charge in [-0.25, -0.2) is 4.79 Å². The van der Waals surface area contributed by atoms with Crippen molar-refractivity contribution in [2.75, 3.05) is 33.2 Å². The molecule has 0 aromatic heterocycles. The van der Waals surface area contributed by atoms with Gasteiger partial charge in [0.2, 0.25) is 23.5 Å². The topological polar surface area (TPSA) is 174 Å². The number of primary amides is 1. The number of rotatable bonds is 11. The average Bonchev–Trinajstić information content (AvgIpc) is 3.29. The van der Waals surface area contributed by atoms with Crippen molar-refractivity contribution >= 4 is 35.4 Å². The predicted octanol–water partition coefficient (Wildman–Crippen LogP) is 3.73. The smallest absolute Gasteiger partial charge is 0.316 e. The zero-order chi connectivity index (χ0) is 40.3. The second kappa shape index (κ2) is 14.9. The molecule has 2 spiro atoms. The van der Waals surface area contributed by atoms with E-state index >= 15 is 4.79 Å². The van der Waals surface area contributed by atoms with Crippen LogP contribution in [0.15, 0.2) is 0 Å². The molecule has 5 atom stereocenters. The normalized spacial score (nSPS) is 29.1. The van der Waals surface area contributed by atoms with Crippen LogP contribution in [0.25, 0.3) is 0 Å². The maximum Gasteiger partial charge on any atom is 0.316 e. The van der Waals surface area contributed by atoms with Crippen molar-refractivity contribution < 1.29 is 28.8 Å².